The third-order valence-corrected chi connectivity index (χ3v) is 6.73. The molecule has 1 aliphatic rings. The second-order valence-electron chi connectivity index (χ2n) is 7.48. The Bertz CT molecular complexity index is 786. The van der Waals surface area contributed by atoms with Crippen molar-refractivity contribution in [2.75, 3.05) is 0 Å². The van der Waals surface area contributed by atoms with Gasteiger partial charge in [0, 0.05) is 0 Å². The Labute approximate surface area is 169 Å². The van der Waals surface area contributed by atoms with Crippen LogP contribution in [0.1, 0.15) is 63.4 Å². The summed E-state index contributed by atoms with van der Waals surface area (Å²) in [6.07, 6.45) is 0.250. The lowest BCUT2D eigenvalue weighted by molar-refractivity contribution is -0.278. The van der Waals surface area contributed by atoms with Gasteiger partial charge in [-0.05, 0) is 49.1 Å². The van der Waals surface area contributed by atoms with Crippen LogP contribution >= 0.6 is 7.52 Å². The average Bonchev–Trinajstić information content (AvgIpc) is 2.70. The number of halogens is 6. The van der Waals surface area contributed by atoms with Crippen LogP contribution < -0.4 is 9.99 Å². The monoisotopic (exact) mass is 463 g/mol. The van der Waals surface area contributed by atoms with Crippen molar-refractivity contribution in [3.8, 4) is 5.75 Å². The molecule has 1 aromatic carbocycles. The van der Waals surface area contributed by atoms with E-state index < -0.39 is 36.7 Å². The molecule has 2 rings (SSSR count). The van der Waals surface area contributed by atoms with Crippen molar-refractivity contribution < 1.29 is 45.7 Å². The van der Waals surface area contributed by atoms with Gasteiger partial charge in [0.1, 0.15) is 0 Å². The minimum absolute atomic E-state index is 0.0614. The Morgan fingerprint density at radius 3 is 2.27 bits per heavy atom. The lowest BCUT2D eigenvalue weighted by Gasteiger charge is -2.30. The molecule has 0 saturated heterocycles. The zero-order chi connectivity index (χ0) is 22.7. The average molecular weight is 463 g/mol. The van der Waals surface area contributed by atoms with Gasteiger partial charge in [-0.25, -0.2) is 4.39 Å². The van der Waals surface area contributed by atoms with E-state index in [0.717, 1.165) is 38.2 Å². The molecular formula is C18H24F6NO4P. The summed E-state index contributed by atoms with van der Waals surface area (Å²) in [6.45, 7) is 2.08. The summed E-state index contributed by atoms with van der Waals surface area (Å²) < 4.78 is 98.0. The highest BCUT2D eigenvalue weighted by Crippen LogP contribution is 2.60. The molecular weight excluding hydrogens is 439 g/mol. The van der Waals surface area contributed by atoms with E-state index in [1.807, 2.05) is 0 Å². The van der Waals surface area contributed by atoms with Crippen LogP contribution in [0.2, 0.25) is 0 Å². The summed E-state index contributed by atoms with van der Waals surface area (Å²) in [7, 11) is -6.33. The van der Waals surface area contributed by atoms with Gasteiger partial charge < -0.3 is 14.8 Å². The summed E-state index contributed by atoms with van der Waals surface area (Å²) in [6, 6.07) is 1.57. The molecule has 0 aromatic heterocycles. The first-order chi connectivity index (χ1) is 13.9. The van der Waals surface area contributed by atoms with Crippen molar-refractivity contribution >= 4 is 7.52 Å². The summed E-state index contributed by atoms with van der Waals surface area (Å²) in [5.74, 6) is -4.79. The zero-order valence-electron chi connectivity index (χ0n) is 16.2. The van der Waals surface area contributed by atoms with Crippen LogP contribution in [0.25, 0.3) is 0 Å². The largest absolute Gasteiger partial charge is 0.476 e. The Morgan fingerprint density at radius 1 is 1.13 bits per heavy atom. The molecule has 0 heterocycles. The van der Waals surface area contributed by atoms with Gasteiger partial charge >= 0.3 is 19.3 Å². The van der Waals surface area contributed by atoms with E-state index in [2.05, 4.69) is 11.7 Å². The summed E-state index contributed by atoms with van der Waals surface area (Å²) in [5.41, 5.74) is -5.89. The Balaban J connectivity index is 2.18. The number of benzene rings is 1. The molecule has 0 radical (unpaired) electrons. The fourth-order valence-electron chi connectivity index (χ4n) is 3.63. The van der Waals surface area contributed by atoms with Crippen molar-refractivity contribution in [1.29, 1.82) is 0 Å². The smallest absolute Gasteiger partial charge is 0.424 e. The van der Waals surface area contributed by atoms with Crippen LogP contribution in [0.5, 0.6) is 5.75 Å². The van der Waals surface area contributed by atoms with E-state index >= 15 is 0 Å². The van der Waals surface area contributed by atoms with Gasteiger partial charge in [0.05, 0.1) is 0 Å². The quantitative estimate of drug-likeness (QED) is 0.232. The number of unbranched alkanes of at least 4 members (excludes halogenated alkanes) is 1. The van der Waals surface area contributed by atoms with Crippen molar-refractivity contribution in [1.82, 2.24) is 5.25 Å². The van der Waals surface area contributed by atoms with Gasteiger partial charge in [0.2, 0.25) is 5.82 Å². The number of rotatable bonds is 9. The van der Waals surface area contributed by atoms with Crippen LogP contribution in [0.4, 0.5) is 26.3 Å². The molecule has 30 heavy (non-hydrogen) atoms. The fraction of sp³-hybridized carbons (Fsp3) is 0.667. The second-order valence-corrected chi connectivity index (χ2v) is 9.39. The molecule has 3 N–H and O–H groups in total. The number of hydrogen-bond donors (Lipinski definition) is 3. The van der Waals surface area contributed by atoms with Crippen LogP contribution in [-0.4, -0.2) is 21.9 Å². The summed E-state index contributed by atoms with van der Waals surface area (Å²) >= 11 is 0. The van der Waals surface area contributed by atoms with Gasteiger partial charge in [0.25, 0.3) is 0 Å². The van der Waals surface area contributed by atoms with Gasteiger partial charge in [-0.3, -0.25) is 4.57 Å². The maximum Gasteiger partial charge on any atom is 0.476 e. The predicted molar refractivity (Wildman–Crippen MR) is 95.9 cm³/mol. The van der Waals surface area contributed by atoms with Gasteiger partial charge in [-0.15, -0.1) is 5.25 Å². The fourth-order valence-corrected chi connectivity index (χ4v) is 4.16. The molecule has 1 aliphatic carbocycles. The maximum atomic E-state index is 14.5. The molecule has 5 nitrogen and oxygen atoms in total. The first-order valence-electron chi connectivity index (χ1n) is 9.54. The van der Waals surface area contributed by atoms with Crippen molar-refractivity contribution in [2.24, 2.45) is 5.92 Å². The van der Waals surface area contributed by atoms with Crippen molar-refractivity contribution in [2.45, 2.75) is 69.6 Å². The lowest BCUT2D eigenvalue weighted by atomic mass is 9.77. The Hall–Kier alpha value is -1.29. The second kappa shape index (κ2) is 9.46. The van der Waals surface area contributed by atoms with Gasteiger partial charge in [0.15, 0.2) is 11.6 Å². The molecule has 0 aliphatic heterocycles. The number of nitrogens with one attached hydrogen (secondary N) is 1. The molecule has 0 spiro atoms. The standard InChI is InChI=1S/C18H24F6NO4P/c1-2-3-4-11-5-7-12(8-6-11)13-9-10-14(16(20)15(13)19)29-17(21,22)18(23,24)30(27,28)25-26/h9-12,26H,2-8H2,1H3,(H2,25,27,28). The molecule has 1 saturated carbocycles. The molecule has 1 unspecified atom stereocenters. The van der Waals surface area contributed by atoms with E-state index in [1.54, 1.807) is 0 Å². The highest BCUT2D eigenvalue weighted by molar-refractivity contribution is 7.57. The van der Waals surface area contributed by atoms with Crippen molar-refractivity contribution in [3.63, 3.8) is 0 Å². The van der Waals surface area contributed by atoms with E-state index in [0.29, 0.717) is 24.8 Å². The molecule has 1 fully saturated rings. The molecule has 0 amide bonds. The van der Waals surface area contributed by atoms with Crippen LogP contribution in [0, 0.1) is 17.6 Å². The number of ether oxygens (including phenoxy) is 1. The Kier molecular flexibility index (Phi) is 7.88. The molecule has 1 aromatic rings. The van der Waals surface area contributed by atoms with E-state index in [4.69, 9.17) is 10.1 Å². The molecule has 1 atom stereocenters. The first kappa shape index (κ1) is 25.0. The molecule has 12 heteroatoms. The summed E-state index contributed by atoms with van der Waals surface area (Å²) in [5, 5.41) is 8.44. The van der Waals surface area contributed by atoms with Gasteiger partial charge in [-0.2, -0.15) is 22.0 Å². The lowest BCUT2D eigenvalue weighted by Crippen LogP contribution is -2.47. The SMILES string of the molecule is CCCCC1CCC(c2ccc(OC(F)(F)C(F)(F)P(=O)(O)NO)c(F)c2F)CC1. The number of hydrogen-bond acceptors (Lipinski definition) is 3. The van der Waals surface area contributed by atoms with Crippen LogP contribution in [0.3, 0.4) is 0 Å². The van der Waals surface area contributed by atoms with Gasteiger partial charge in [-0.1, -0.05) is 32.3 Å². The normalized spacial score (nSPS) is 22.6. The third-order valence-electron chi connectivity index (χ3n) is 5.43. The highest BCUT2D eigenvalue weighted by atomic mass is 31.2. The topological polar surface area (TPSA) is 78.8 Å². The minimum atomic E-state index is -6.33. The van der Waals surface area contributed by atoms with Crippen LogP contribution in [-0.2, 0) is 4.57 Å². The summed E-state index contributed by atoms with van der Waals surface area (Å²) in [4.78, 5) is 8.79. The zero-order valence-corrected chi connectivity index (χ0v) is 17.1. The molecule has 0 bridgehead atoms. The minimum Gasteiger partial charge on any atom is -0.424 e. The first-order valence-corrected chi connectivity index (χ1v) is 11.2. The Morgan fingerprint density at radius 2 is 1.73 bits per heavy atom. The highest BCUT2D eigenvalue weighted by Gasteiger charge is 2.71. The van der Waals surface area contributed by atoms with Crippen molar-refractivity contribution in [3.05, 3.63) is 29.3 Å². The van der Waals surface area contributed by atoms with E-state index in [-0.39, 0.29) is 16.7 Å². The third kappa shape index (κ3) is 4.95. The number of alkyl halides is 4. The predicted octanol–water partition coefficient (Wildman–Crippen LogP) is 6.16. The van der Waals surface area contributed by atoms with E-state index in [9.17, 15) is 30.9 Å². The van der Waals surface area contributed by atoms with E-state index in [1.165, 1.54) is 0 Å². The van der Waals surface area contributed by atoms with Crippen LogP contribution in [0.15, 0.2) is 12.1 Å². The molecule has 172 valence electrons. The maximum absolute atomic E-state index is 14.5.